The standard InChI is InChI=1S/C17H25NO3/c1-3-13(4-2)18(10-11-19)17(20)15-9-12-21-16-8-6-5-7-14(15)16/h5-8,13,15,19H,3-4,9-12H2,1-2H3. The molecule has 0 spiro atoms. The van der Waals surface area contributed by atoms with Crippen LogP contribution >= 0.6 is 0 Å². The second kappa shape index (κ2) is 7.46. The van der Waals surface area contributed by atoms with Crippen LogP contribution in [0.25, 0.3) is 0 Å². The molecule has 0 fully saturated rings. The highest BCUT2D eigenvalue weighted by Crippen LogP contribution is 2.35. The number of hydrogen-bond donors (Lipinski definition) is 1. The topological polar surface area (TPSA) is 49.8 Å². The minimum Gasteiger partial charge on any atom is -0.493 e. The van der Waals surface area contributed by atoms with E-state index in [0.717, 1.165) is 24.2 Å². The van der Waals surface area contributed by atoms with E-state index in [9.17, 15) is 9.90 Å². The quantitative estimate of drug-likeness (QED) is 0.876. The molecule has 0 bridgehead atoms. The normalized spacial score (nSPS) is 17.2. The molecule has 1 unspecified atom stereocenters. The first-order chi connectivity index (χ1) is 10.2. The Kier molecular flexibility index (Phi) is 5.62. The van der Waals surface area contributed by atoms with Gasteiger partial charge in [0.25, 0.3) is 0 Å². The first-order valence-corrected chi connectivity index (χ1v) is 7.85. The van der Waals surface area contributed by atoms with Gasteiger partial charge in [0.15, 0.2) is 0 Å². The molecule has 1 heterocycles. The Labute approximate surface area is 126 Å². The summed E-state index contributed by atoms with van der Waals surface area (Å²) in [4.78, 5) is 14.8. The number of aliphatic hydroxyl groups excluding tert-OH is 1. The lowest BCUT2D eigenvalue weighted by molar-refractivity contribution is -0.136. The van der Waals surface area contributed by atoms with Gasteiger partial charge < -0.3 is 14.7 Å². The number of rotatable bonds is 6. The van der Waals surface area contributed by atoms with Gasteiger partial charge in [-0.25, -0.2) is 0 Å². The SMILES string of the molecule is CCC(CC)N(CCO)C(=O)C1CCOc2ccccc21. The van der Waals surface area contributed by atoms with E-state index in [-0.39, 0.29) is 24.5 Å². The molecule has 1 aliphatic heterocycles. The highest BCUT2D eigenvalue weighted by atomic mass is 16.5. The average Bonchev–Trinajstić information content (AvgIpc) is 2.54. The summed E-state index contributed by atoms with van der Waals surface area (Å²) in [5.41, 5.74) is 0.975. The summed E-state index contributed by atoms with van der Waals surface area (Å²) in [5, 5.41) is 9.30. The molecule has 116 valence electrons. The smallest absolute Gasteiger partial charge is 0.230 e. The molecule has 4 heteroatoms. The van der Waals surface area contributed by atoms with Crippen molar-refractivity contribution >= 4 is 5.91 Å². The van der Waals surface area contributed by atoms with Crippen LogP contribution in [-0.2, 0) is 4.79 Å². The maximum absolute atomic E-state index is 13.0. The Morgan fingerprint density at radius 3 is 2.76 bits per heavy atom. The second-order valence-electron chi connectivity index (χ2n) is 5.45. The largest absolute Gasteiger partial charge is 0.493 e. The molecule has 1 aliphatic rings. The van der Waals surface area contributed by atoms with Crippen LogP contribution in [0.4, 0.5) is 0 Å². The van der Waals surface area contributed by atoms with Gasteiger partial charge in [-0.2, -0.15) is 0 Å². The molecule has 0 saturated carbocycles. The van der Waals surface area contributed by atoms with Crippen molar-refractivity contribution in [3.8, 4) is 5.75 Å². The number of carbonyl (C=O) groups is 1. The molecule has 21 heavy (non-hydrogen) atoms. The zero-order valence-corrected chi connectivity index (χ0v) is 12.9. The minimum atomic E-state index is -0.151. The molecule has 1 atom stereocenters. The Hall–Kier alpha value is -1.55. The fraction of sp³-hybridized carbons (Fsp3) is 0.588. The average molecular weight is 291 g/mol. The third-order valence-corrected chi connectivity index (χ3v) is 4.26. The Morgan fingerprint density at radius 1 is 1.38 bits per heavy atom. The van der Waals surface area contributed by atoms with Gasteiger partial charge in [0.2, 0.25) is 5.91 Å². The molecule has 0 saturated heterocycles. The van der Waals surface area contributed by atoms with Crippen LogP contribution in [0.15, 0.2) is 24.3 Å². The number of carbonyl (C=O) groups excluding carboxylic acids is 1. The van der Waals surface area contributed by atoms with Crippen molar-refractivity contribution in [3.63, 3.8) is 0 Å². The van der Waals surface area contributed by atoms with Crippen molar-refractivity contribution in [1.82, 2.24) is 4.90 Å². The van der Waals surface area contributed by atoms with E-state index < -0.39 is 0 Å². The van der Waals surface area contributed by atoms with E-state index in [1.807, 2.05) is 29.2 Å². The van der Waals surface area contributed by atoms with Crippen LogP contribution in [0.1, 0.15) is 44.6 Å². The second-order valence-corrected chi connectivity index (χ2v) is 5.45. The number of ether oxygens (including phenoxy) is 1. The van der Waals surface area contributed by atoms with Gasteiger partial charge >= 0.3 is 0 Å². The van der Waals surface area contributed by atoms with Crippen LogP contribution in [0, 0.1) is 0 Å². The van der Waals surface area contributed by atoms with Crippen molar-refractivity contribution in [2.24, 2.45) is 0 Å². The predicted octanol–water partition coefficient (Wildman–Crippen LogP) is 2.56. The van der Waals surface area contributed by atoms with Crippen molar-refractivity contribution in [2.45, 2.75) is 45.1 Å². The van der Waals surface area contributed by atoms with Crippen LogP contribution < -0.4 is 4.74 Å². The molecule has 1 aromatic rings. The molecule has 1 aromatic carbocycles. The molecule has 0 aliphatic carbocycles. The van der Waals surface area contributed by atoms with Crippen molar-refractivity contribution in [3.05, 3.63) is 29.8 Å². The lowest BCUT2D eigenvalue weighted by Gasteiger charge is -2.35. The summed E-state index contributed by atoms with van der Waals surface area (Å²) in [6.07, 6.45) is 2.53. The third-order valence-electron chi connectivity index (χ3n) is 4.26. The summed E-state index contributed by atoms with van der Waals surface area (Å²) < 4.78 is 5.64. The number of para-hydroxylation sites is 1. The highest BCUT2D eigenvalue weighted by Gasteiger charge is 2.32. The lowest BCUT2D eigenvalue weighted by Crippen LogP contribution is -2.44. The molecule has 0 radical (unpaired) electrons. The molecule has 1 amide bonds. The van der Waals surface area contributed by atoms with E-state index in [1.165, 1.54) is 0 Å². The summed E-state index contributed by atoms with van der Waals surface area (Å²) >= 11 is 0. The van der Waals surface area contributed by atoms with Gasteiger partial charge in [0, 0.05) is 18.2 Å². The van der Waals surface area contributed by atoms with Gasteiger partial charge in [-0.05, 0) is 25.3 Å². The number of amides is 1. The fourth-order valence-corrected chi connectivity index (χ4v) is 3.11. The Balaban J connectivity index is 2.25. The minimum absolute atomic E-state index is 0.00705. The maximum atomic E-state index is 13.0. The number of fused-ring (bicyclic) bond motifs is 1. The zero-order chi connectivity index (χ0) is 15.2. The van der Waals surface area contributed by atoms with Crippen molar-refractivity contribution in [2.75, 3.05) is 19.8 Å². The summed E-state index contributed by atoms with van der Waals surface area (Å²) in [6.45, 7) is 5.16. The van der Waals surface area contributed by atoms with E-state index in [4.69, 9.17) is 4.74 Å². The van der Waals surface area contributed by atoms with Crippen LogP contribution in [0.5, 0.6) is 5.75 Å². The molecule has 2 rings (SSSR count). The van der Waals surface area contributed by atoms with Crippen molar-refractivity contribution in [1.29, 1.82) is 0 Å². The van der Waals surface area contributed by atoms with Gasteiger partial charge in [-0.1, -0.05) is 32.0 Å². The van der Waals surface area contributed by atoms with Gasteiger partial charge in [-0.3, -0.25) is 4.79 Å². The fourth-order valence-electron chi connectivity index (χ4n) is 3.11. The highest BCUT2D eigenvalue weighted by molar-refractivity contribution is 5.85. The summed E-state index contributed by atoms with van der Waals surface area (Å²) in [7, 11) is 0. The Bertz CT molecular complexity index is 471. The van der Waals surface area contributed by atoms with Crippen LogP contribution in [-0.4, -0.2) is 41.7 Å². The van der Waals surface area contributed by atoms with Gasteiger partial charge in [-0.15, -0.1) is 0 Å². The van der Waals surface area contributed by atoms with Gasteiger partial charge in [0.05, 0.1) is 19.1 Å². The zero-order valence-electron chi connectivity index (χ0n) is 12.9. The van der Waals surface area contributed by atoms with Gasteiger partial charge in [0.1, 0.15) is 5.75 Å². The number of hydrogen-bond acceptors (Lipinski definition) is 3. The number of aliphatic hydroxyl groups is 1. The summed E-state index contributed by atoms with van der Waals surface area (Å²) in [6, 6.07) is 7.96. The van der Waals surface area contributed by atoms with Crippen molar-refractivity contribution < 1.29 is 14.6 Å². The maximum Gasteiger partial charge on any atom is 0.230 e. The lowest BCUT2D eigenvalue weighted by atomic mass is 9.91. The number of nitrogens with zero attached hydrogens (tertiary/aromatic N) is 1. The monoisotopic (exact) mass is 291 g/mol. The number of benzene rings is 1. The first-order valence-electron chi connectivity index (χ1n) is 7.85. The molecule has 1 N–H and O–H groups in total. The van der Waals surface area contributed by atoms with E-state index in [1.54, 1.807) is 0 Å². The molecular weight excluding hydrogens is 266 g/mol. The van der Waals surface area contributed by atoms with E-state index in [2.05, 4.69) is 13.8 Å². The third kappa shape index (κ3) is 3.38. The Morgan fingerprint density at radius 2 is 2.10 bits per heavy atom. The first kappa shape index (κ1) is 15.8. The van der Waals surface area contributed by atoms with Crippen LogP contribution in [0.3, 0.4) is 0 Å². The van der Waals surface area contributed by atoms with E-state index >= 15 is 0 Å². The summed E-state index contributed by atoms with van der Waals surface area (Å²) in [5.74, 6) is 0.784. The molecule has 0 aromatic heterocycles. The molecule has 4 nitrogen and oxygen atoms in total. The van der Waals surface area contributed by atoms with E-state index in [0.29, 0.717) is 19.6 Å². The molecular formula is C17H25NO3. The predicted molar refractivity (Wildman–Crippen MR) is 82.5 cm³/mol. The van der Waals surface area contributed by atoms with Crippen LogP contribution in [0.2, 0.25) is 0 Å².